The van der Waals surface area contributed by atoms with E-state index >= 15 is 0 Å². The smallest absolute Gasteiger partial charge is 0.116 e. The van der Waals surface area contributed by atoms with Crippen molar-refractivity contribution in [2.75, 3.05) is 0 Å². The minimum Gasteiger partial charge on any atom is -0.508 e. The Bertz CT molecular complexity index is 528. The Morgan fingerprint density at radius 3 is 1.83 bits per heavy atom. The first-order chi connectivity index (χ1) is 10.0. The largest absolute Gasteiger partial charge is 0.508 e. The van der Waals surface area contributed by atoms with E-state index in [0.29, 0.717) is 5.75 Å². The van der Waals surface area contributed by atoms with Crippen LogP contribution in [0.5, 0.6) is 5.75 Å². The second-order valence-corrected chi connectivity index (χ2v) is 8.37. The molecule has 0 fully saturated rings. The van der Waals surface area contributed by atoms with Crippen molar-refractivity contribution < 1.29 is 25.1 Å². The number of halogens is 2. The third kappa shape index (κ3) is 15.2. The van der Waals surface area contributed by atoms with Gasteiger partial charge >= 0.3 is 37.6 Å². The number of phenolic OH excluding ortho intramolecular Hbond substituents is 1. The summed E-state index contributed by atoms with van der Waals surface area (Å²) in [5.41, 5.74) is 3.75. The molecular weight excluding hydrogens is 375 g/mol. The first-order valence-corrected chi connectivity index (χ1v) is 8.36. The van der Waals surface area contributed by atoms with Crippen molar-refractivity contribution in [3.63, 3.8) is 0 Å². The zero-order chi connectivity index (χ0) is 17.3. The fourth-order valence-corrected chi connectivity index (χ4v) is 1.69. The van der Waals surface area contributed by atoms with Crippen molar-refractivity contribution >= 4 is 28.6 Å². The standard InChI is InChI=1S/C11H16O.C6H7.C3H6.2ClH.Ti/c1-8-5-9(11(2,3)4)7-10(12)6-8;1-6-4-2-3-5-6;1-3-2;;;/h5-7,12H,1-4H3;4-5H,2H2,1H3;1-2H3;2*1H;/q;-1;;;;+1. The minimum atomic E-state index is 0. The number of benzene rings is 1. The molecule has 0 saturated carbocycles. The molecule has 24 heavy (non-hydrogen) atoms. The molecule has 1 N–H and O–H groups in total. The second-order valence-electron chi connectivity index (χ2n) is 6.81. The summed E-state index contributed by atoms with van der Waals surface area (Å²) in [4.78, 5) is 0. The third-order valence-electron chi connectivity index (χ3n) is 2.80. The van der Waals surface area contributed by atoms with Crippen molar-refractivity contribution in [1.29, 1.82) is 0 Å². The maximum absolute atomic E-state index is 9.36. The number of aryl methyl sites for hydroxylation is 1. The van der Waals surface area contributed by atoms with Crippen LogP contribution in [0.1, 0.15) is 59.1 Å². The van der Waals surface area contributed by atoms with Gasteiger partial charge in [-0.25, -0.2) is 11.6 Å². The minimum absolute atomic E-state index is 0. The van der Waals surface area contributed by atoms with E-state index in [1.807, 2.05) is 19.1 Å². The maximum atomic E-state index is 9.36. The van der Waals surface area contributed by atoms with Gasteiger partial charge in [0.1, 0.15) is 5.75 Å². The van der Waals surface area contributed by atoms with Crippen molar-refractivity contribution in [3.8, 4) is 5.75 Å². The topological polar surface area (TPSA) is 20.2 Å². The van der Waals surface area contributed by atoms with Crippen LogP contribution in [0.2, 0.25) is 0 Å². The normalized spacial score (nSPS) is 11.6. The molecule has 0 aliphatic heterocycles. The van der Waals surface area contributed by atoms with E-state index in [2.05, 4.69) is 79.7 Å². The fourth-order valence-electron chi connectivity index (χ4n) is 1.69. The molecular formula is C20H31Cl2OTi. The van der Waals surface area contributed by atoms with Gasteiger partial charge in [-0.1, -0.05) is 26.8 Å². The summed E-state index contributed by atoms with van der Waals surface area (Å²) in [7, 11) is 0. The Balaban J connectivity index is -0.000000311. The molecule has 0 amide bonds. The summed E-state index contributed by atoms with van der Waals surface area (Å²) in [6, 6.07) is 5.71. The first kappa shape index (κ1) is 28.5. The van der Waals surface area contributed by atoms with Gasteiger partial charge in [0.2, 0.25) is 0 Å². The monoisotopic (exact) mass is 405 g/mol. The summed E-state index contributed by atoms with van der Waals surface area (Å²) >= 11 is 2.08. The molecule has 0 aromatic heterocycles. The van der Waals surface area contributed by atoms with Crippen LogP contribution in [0.25, 0.3) is 0 Å². The van der Waals surface area contributed by atoms with Crippen LogP contribution in [0.4, 0.5) is 0 Å². The van der Waals surface area contributed by atoms with Crippen LogP contribution in [-0.2, 0) is 25.4 Å². The Kier molecular flexibility index (Phi) is 16.5. The van der Waals surface area contributed by atoms with Gasteiger partial charge in [0.15, 0.2) is 0 Å². The van der Waals surface area contributed by atoms with Crippen LogP contribution >= 0.6 is 24.8 Å². The number of aromatic hydroxyl groups is 1. The summed E-state index contributed by atoms with van der Waals surface area (Å²) in [6.45, 7) is 14.7. The van der Waals surface area contributed by atoms with Gasteiger partial charge in [-0.05, 0) is 35.6 Å². The number of phenols is 1. The molecule has 1 aromatic carbocycles. The molecule has 0 radical (unpaired) electrons. The number of allylic oxidation sites excluding steroid dienone is 4. The summed E-state index contributed by atoms with van der Waals surface area (Å²) in [6.07, 6.45) is 8.24. The van der Waals surface area contributed by atoms with E-state index < -0.39 is 0 Å². The zero-order valence-electron chi connectivity index (χ0n) is 15.9. The molecule has 1 aliphatic rings. The molecule has 0 heterocycles. The number of hydrogen-bond acceptors (Lipinski definition) is 1. The molecule has 0 saturated heterocycles. The van der Waals surface area contributed by atoms with E-state index in [1.165, 1.54) is 14.9 Å². The van der Waals surface area contributed by atoms with Crippen LogP contribution in [-0.4, -0.2) is 8.92 Å². The molecule has 4 heteroatoms. The molecule has 0 bridgehead atoms. The van der Waals surface area contributed by atoms with Gasteiger partial charge in [0.25, 0.3) is 0 Å². The van der Waals surface area contributed by atoms with Crippen LogP contribution in [0.15, 0.2) is 35.9 Å². The predicted octanol–water partition coefficient (Wildman–Crippen LogP) is 6.28. The summed E-state index contributed by atoms with van der Waals surface area (Å²) < 4.78 is 1.42. The summed E-state index contributed by atoms with van der Waals surface area (Å²) in [5, 5.41) is 9.36. The molecule has 1 nitrogen and oxygen atoms in total. The third-order valence-corrected chi connectivity index (χ3v) is 2.80. The quantitative estimate of drug-likeness (QED) is 0.397. The molecule has 1 aromatic rings. The van der Waals surface area contributed by atoms with Crippen LogP contribution in [0.3, 0.4) is 0 Å². The first-order valence-electron chi connectivity index (χ1n) is 7.58. The van der Waals surface area contributed by atoms with E-state index in [4.69, 9.17) is 0 Å². The van der Waals surface area contributed by atoms with Crippen molar-refractivity contribution in [3.05, 3.63) is 53.1 Å². The maximum Gasteiger partial charge on any atom is 0.116 e. The van der Waals surface area contributed by atoms with Gasteiger partial charge in [-0.3, -0.25) is 6.08 Å². The fraction of sp³-hybridized carbons (Fsp3) is 0.450. The van der Waals surface area contributed by atoms with Crippen LogP contribution in [0, 0.1) is 13.0 Å². The van der Waals surface area contributed by atoms with Crippen LogP contribution < -0.4 is 0 Å². The van der Waals surface area contributed by atoms with E-state index in [9.17, 15) is 5.11 Å². The molecule has 0 spiro atoms. The Morgan fingerprint density at radius 2 is 1.58 bits per heavy atom. The van der Waals surface area contributed by atoms with Gasteiger partial charge in [-0.15, -0.1) is 38.2 Å². The van der Waals surface area contributed by atoms with Gasteiger partial charge < -0.3 is 5.11 Å². The Hall–Kier alpha value is -0.336. The Morgan fingerprint density at radius 1 is 1.08 bits per heavy atom. The van der Waals surface area contributed by atoms with Crippen molar-refractivity contribution in [2.24, 2.45) is 0 Å². The average Bonchev–Trinajstić information content (AvgIpc) is 2.78. The second kappa shape index (κ2) is 13.9. The van der Waals surface area contributed by atoms with Crippen molar-refractivity contribution in [2.45, 2.75) is 60.3 Å². The zero-order valence-corrected chi connectivity index (χ0v) is 19.1. The molecule has 2 rings (SSSR count). The Labute approximate surface area is 172 Å². The van der Waals surface area contributed by atoms with Gasteiger partial charge in [-0.2, -0.15) is 6.08 Å². The predicted molar refractivity (Wildman–Crippen MR) is 109 cm³/mol. The SMILES string of the molecule is CC1=CC[C-]=C1.C[C](C)=[Ti+].Cc1cc(O)cc(C(C)(C)C)c1.Cl.Cl. The molecule has 0 unspecified atom stereocenters. The summed E-state index contributed by atoms with van der Waals surface area (Å²) in [5.74, 6) is 0.361. The van der Waals surface area contributed by atoms with E-state index in [1.54, 1.807) is 6.07 Å². The molecule has 0 atom stereocenters. The number of rotatable bonds is 0. The van der Waals surface area contributed by atoms with Crippen molar-refractivity contribution in [1.82, 2.24) is 0 Å². The molecule has 135 valence electrons. The van der Waals surface area contributed by atoms with Gasteiger partial charge in [0, 0.05) is 0 Å². The van der Waals surface area contributed by atoms with E-state index in [-0.39, 0.29) is 30.2 Å². The number of hydrogen-bond donors (Lipinski definition) is 1. The van der Waals surface area contributed by atoms with E-state index in [0.717, 1.165) is 12.0 Å². The average molecular weight is 406 g/mol. The molecule has 1 aliphatic carbocycles. The van der Waals surface area contributed by atoms with Gasteiger partial charge in [0.05, 0.1) is 0 Å².